The Kier molecular flexibility index (Phi) is 7.35. The minimum absolute atomic E-state index is 0.0103. The third-order valence-electron chi connectivity index (χ3n) is 3.24. The van der Waals surface area contributed by atoms with Gasteiger partial charge in [0, 0.05) is 17.6 Å². The highest BCUT2D eigenvalue weighted by Gasteiger charge is 2.21. The molecule has 132 valence electrons. The van der Waals surface area contributed by atoms with Crippen molar-refractivity contribution in [1.82, 2.24) is 10.2 Å². The second kappa shape index (κ2) is 9.00. The molecule has 24 heavy (non-hydrogen) atoms. The number of carbonyl (C=O) groups excluding carboxylic acids is 3. The van der Waals surface area contributed by atoms with Gasteiger partial charge in [0.1, 0.15) is 12.4 Å². The molecule has 6 nitrogen and oxygen atoms in total. The largest absolute Gasteiger partial charge is 0.454 e. The number of benzene rings is 1. The van der Waals surface area contributed by atoms with Gasteiger partial charge in [-0.05, 0) is 45.9 Å². The molecule has 0 atom stereocenters. The molecule has 1 rings (SSSR count). The topological polar surface area (TPSA) is 75.7 Å². The van der Waals surface area contributed by atoms with Gasteiger partial charge in [-0.3, -0.25) is 14.4 Å². The fourth-order valence-electron chi connectivity index (χ4n) is 2.32. The lowest BCUT2D eigenvalue weighted by Gasteiger charge is -2.30. The zero-order valence-corrected chi connectivity index (χ0v) is 14.3. The highest BCUT2D eigenvalue weighted by atomic mass is 19.1. The molecule has 0 bridgehead atoms. The lowest BCUT2D eigenvalue weighted by Crippen LogP contribution is -2.44. The molecule has 0 unspecified atom stereocenters. The third-order valence-corrected chi connectivity index (χ3v) is 3.24. The lowest BCUT2D eigenvalue weighted by atomic mass is 10.2. The molecule has 0 aliphatic carbocycles. The number of esters is 1. The maximum absolute atomic E-state index is 13.0. The summed E-state index contributed by atoms with van der Waals surface area (Å²) in [6, 6.07) is 5.08. The molecule has 2 amide bonds. The van der Waals surface area contributed by atoms with Crippen LogP contribution in [0.5, 0.6) is 0 Å². The van der Waals surface area contributed by atoms with E-state index in [0.29, 0.717) is 0 Å². The number of hydrogen-bond donors (Lipinski definition) is 1. The maximum atomic E-state index is 13.0. The molecule has 0 aliphatic rings. The van der Waals surface area contributed by atoms with Crippen molar-refractivity contribution in [2.75, 3.05) is 13.2 Å². The monoisotopic (exact) mass is 338 g/mol. The molecule has 7 heteroatoms. The van der Waals surface area contributed by atoms with Crippen molar-refractivity contribution in [2.45, 2.75) is 39.8 Å². The van der Waals surface area contributed by atoms with E-state index in [9.17, 15) is 18.8 Å². The highest BCUT2D eigenvalue weighted by Crippen LogP contribution is 2.06. The Morgan fingerprint density at radius 1 is 1.17 bits per heavy atom. The van der Waals surface area contributed by atoms with Crippen LogP contribution in [0.1, 0.15) is 38.1 Å². The standard InChI is InChI=1S/C17H23FN2O4/c1-11(2)20(12(3)4)15(21)10-24-16(22)9-19-17(23)13-6-5-7-14(18)8-13/h5-8,11-12H,9-10H2,1-4H3,(H,19,23). The van der Waals surface area contributed by atoms with Gasteiger partial charge in [-0.1, -0.05) is 6.07 Å². The Labute approximate surface area is 141 Å². The summed E-state index contributed by atoms with van der Waals surface area (Å²) in [4.78, 5) is 37.1. The predicted molar refractivity (Wildman–Crippen MR) is 86.8 cm³/mol. The van der Waals surface area contributed by atoms with Crippen LogP contribution < -0.4 is 5.32 Å². The minimum Gasteiger partial charge on any atom is -0.454 e. The summed E-state index contributed by atoms with van der Waals surface area (Å²) in [5.41, 5.74) is 0.102. The Hall–Kier alpha value is -2.44. The van der Waals surface area contributed by atoms with Crippen molar-refractivity contribution in [3.8, 4) is 0 Å². The Morgan fingerprint density at radius 3 is 2.33 bits per heavy atom. The average Bonchev–Trinajstić information content (AvgIpc) is 2.49. The molecule has 1 N–H and O–H groups in total. The van der Waals surface area contributed by atoms with E-state index in [0.717, 1.165) is 6.07 Å². The Balaban J connectivity index is 2.44. The summed E-state index contributed by atoms with van der Waals surface area (Å²) in [6.45, 7) is 6.72. The Morgan fingerprint density at radius 2 is 1.79 bits per heavy atom. The molecule has 0 saturated carbocycles. The fraction of sp³-hybridized carbons (Fsp3) is 0.471. The highest BCUT2D eigenvalue weighted by molar-refractivity contribution is 5.96. The van der Waals surface area contributed by atoms with E-state index < -0.39 is 24.2 Å². The van der Waals surface area contributed by atoms with Gasteiger partial charge >= 0.3 is 5.97 Å². The maximum Gasteiger partial charge on any atom is 0.325 e. The Bertz CT molecular complexity index is 594. The molecule has 0 spiro atoms. The van der Waals surface area contributed by atoms with Crippen molar-refractivity contribution >= 4 is 17.8 Å². The molecular formula is C17H23FN2O4. The average molecular weight is 338 g/mol. The summed E-state index contributed by atoms with van der Waals surface area (Å²) in [6.07, 6.45) is 0. The zero-order valence-electron chi connectivity index (χ0n) is 14.3. The van der Waals surface area contributed by atoms with Gasteiger partial charge in [0.15, 0.2) is 6.61 Å². The molecule has 0 saturated heterocycles. The summed E-state index contributed by atoms with van der Waals surface area (Å²) in [5.74, 6) is -2.17. The molecule has 0 radical (unpaired) electrons. The number of nitrogens with one attached hydrogen (secondary N) is 1. The van der Waals surface area contributed by atoms with Crippen LogP contribution in [0, 0.1) is 5.82 Å². The number of halogens is 1. The van der Waals surface area contributed by atoms with Gasteiger partial charge in [0.2, 0.25) is 0 Å². The van der Waals surface area contributed by atoms with E-state index in [2.05, 4.69) is 5.32 Å². The van der Waals surface area contributed by atoms with Gasteiger partial charge in [0.05, 0.1) is 0 Å². The third kappa shape index (κ3) is 5.98. The van der Waals surface area contributed by atoms with Crippen molar-refractivity contribution in [3.63, 3.8) is 0 Å². The van der Waals surface area contributed by atoms with E-state index in [4.69, 9.17) is 4.74 Å². The van der Waals surface area contributed by atoms with Crippen LogP contribution in [0.25, 0.3) is 0 Å². The van der Waals surface area contributed by atoms with Crippen LogP contribution >= 0.6 is 0 Å². The number of ether oxygens (including phenoxy) is 1. The molecule has 0 heterocycles. The van der Waals surface area contributed by atoms with Crippen LogP contribution in [0.2, 0.25) is 0 Å². The van der Waals surface area contributed by atoms with Crippen molar-refractivity contribution in [1.29, 1.82) is 0 Å². The van der Waals surface area contributed by atoms with Crippen LogP contribution in [-0.2, 0) is 14.3 Å². The van der Waals surface area contributed by atoms with Crippen molar-refractivity contribution < 1.29 is 23.5 Å². The van der Waals surface area contributed by atoms with E-state index >= 15 is 0 Å². The van der Waals surface area contributed by atoms with Gasteiger partial charge in [-0.15, -0.1) is 0 Å². The van der Waals surface area contributed by atoms with Gasteiger partial charge < -0.3 is 15.0 Å². The van der Waals surface area contributed by atoms with Crippen LogP contribution in [0.3, 0.4) is 0 Å². The minimum atomic E-state index is -0.736. The number of nitrogens with zero attached hydrogens (tertiary/aromatic N) is 1. The zero-order chi connectivity index (χ0) is 18.3. The number of amides is 2. The van der Waals surface area contributed by atoms with Gasteiger partial charge in [0.25, 0.3) is 11.8 Å². The van der Waals surface area contributed by atoms with Crippen molar-refractivity contribution in [3.05, 3.63) is 35.6 Å². The van der Waals surface area contributed by atoms with Gasteiger partial charge in [-0.25, -0.2) is 4.39 Å². The van der Waals surface area contributed by atoms with Gasteiger partial charge in [-0.2, -0.15) is 0 Å². The first-order valence-corrected chi connectivity index (χ1v) is 7.73. The second-order valence-electron chi connectivity index (χ2n) is 5.84. The van der Waals surface area contributed by atoms with Crippen LogP contribution in [-0.4, -0.2) is 47.9 Å². The smallest absolute Gasteiger partial charge is 0.325 e. The first-order valence-electron chi connectivity index (χ1n) is 7.73. The van der Waals surface area contributed by atoms with Crippen LogP contribution in [0.15, 0.2) is 24.3 Å². The predicted octanol–water partition coefficient (Wildman–Crippen LogP) is 1.74. The van der Waals surface area contributed by atoms with Crippen molar-refractivity contribution in [2.24, 2.45) is 0 Å². The van der Waals surface area contributed by atoms with E-state index in [1.54, 1.807) is 4.90 Å². The second-order valence-corrected chi connectivity index (χ2v) is 5.84. The molecule has 1 aromatic rings. The number of carbonyl (C=O) groups is 3. The van der Waals surface area contributed by atoms with E-state index in [-0.39, 0.29) is 30.2 Å². The number of hydrogen-bond acceptors (Lipinski definition) is 4. The quantitative estimate of drug-likeness (QED) is 0.769. The van der Waals surface area contributed by atoms with E-state index in [1.165, 1.54) is 18.2 Å². The SMILES string of the molecule is CC(C)N(C(=O)COC(=O)CNC(=O)c1cccc(F)c1)C(C)C. The first kappa shape index (κ1) is 19.6. The first-order chi connectivity index (χ1) is 11.2. The van der Waals surface area contributed by atoms with E-state index in [1.807, 2.05) is 27.7 Å². The normalized spacial score (nSPS) is 10.6. The molecular weight excluding hydrogens is 315 g/mol. The lowest BCUT2D eigenvalue weighted by molar-refractivity contribution is -0.152. The molecule has 0 aliphatic heterocycles. The summed E-state index contributed by atoms with van der Waals surface area (Å²) < 4.78 is 17.9. The molecule has 0 fully saturated rings. The fourth-order valence-corrected chi connectivity index (χ4v) is 2.32. The summed E-state index contributed by atoms with van der Waals surface area (Å²) in [5, 5.41) is 2.32. The molecule has 1 aromatic carbocycles. The number of rotatable bonds is 7. The summed E-state index contributed by atoms with van der Waals surface area (Å²) in [7, 11) is 0. The summed E-state index contributed by atoms with van der Waals surface area (Å²) >= 11 is 0. The van der Waals surface area contributed by atoms with Crippen LogP contribution in [0.4, 0.5) is 4.39 Å². The molecule has 0 aromatic heterocycles.